The van der Waals surface area contributed by atoms with Crippen molar-refractivity contribution in [3.8, 4) is 0 Å². The highest BCUT2D eigenvalue weighted by Crippen LogP contribution is 2.40. The number of oxime groups is 1. The van der Waals surface area contributed by atoms with Gasteiger partial charge in [-0.3, -0.25) is 4.79 Å². The zero-order valence-corrected chi connectivity index (χ0v) is 32.2. The number of esters is 1. The highest BCUT2D eigenvalue weighted by molar-refractivity contribution is 5.88. The van der Waals surface area contributed by atoms with Gasteiger partial charge in [-0.05, 0) is 68.0 Å². The number of rotatable bonds is 7. The first kappa shape index (κ1) is 42.9. The van der Waals surface area contributed by atoms with Crippen molar-refractivity contribution in [1.29, 1.82) is 0 Å². The van der Waals surface area contributed by atoms with Crippen molar-refractivity contribution in [2.24, 2.45) is 28.8 Å². The van der Waals surface area contributed by atoms with Crippen molar-refractivity contribution in [1.82, 2.24) is 4.90 Å². The van der Waals surface area contributed by atoms with Gasteiger partial charge in [0.1, 0.15) is 18.3 Å². The Hall–Kier alpha value is -1.46. The molecule has 17 atom stereocenters. The summed E-state index contributed by atoms with van der Waals surface area (Å²) in [6.45, 7) is 15.8. The van der Waals surface area contributed by atoms with Crippen LogP contribution in [0.25, 0.3) is 0 Å². The van der Waals surface area contributed by atoms with Crippen LogP contribution in [0.4, 0.5) is 0 Å². The van der Waals surface area contributed by atoms with E-state index in [0.29, 0.717) is 12.8 Å². The molecule has 50 heavy (non-hydrogen) atoms. The largest absolute Gasteiger partial charge is 0.462 e. The zero-order valence-electron chi connectivity index (χ0n) is 32.2. The second-order valence-corrected chi connectivity index (χ2v) is 15.9. The molecule has 3 aliphatic heterocycles. The molecule has 0 saturated carbocycles. The molecule has 0 spiro atoms. The second kappa shape index (κ2) is 17.6. The Labute approximate surface area is 298 Å². The van der Waals surface area contributed by atoms with Crippen LogP contribution in [0.1, 0.15) is 94.4 Å². The van der Waals surface area contributed by atoms with Crippen molar-refractivity contribution < 1.29 is 58.8 Å². The molecule has 0 aromatic carbocycles. The molecule has 0 aromatic heterocycles. The molecule has 3 aliphatic rings. The van der Waals surface area contributed by atoms with E-state index in [1.165, 1.54) is 7.11 Å². The lowest BCUT2D eigenvalue weighted by Crippen LogP contribution is -2.60. The number of carbonyl (C=O) groups is 1. The van der Waals surface area contributed by atoms with Crippen LogP contribution in [0.2, 0.25) is 0 Å². The Kier molecular flexibility index (Phi) is 15.1. The van der Waals surface area contributed by atoms with Crippen LogP contribution in [0.5, 0.6) is 0 Å². The van der Waals surface area contributed by atoms with Crippen molar-refractivity contribution in [3.05, 3.63) is 0 Å². The average molecular weight is 719 g/mol. The van der Waals surface area contributed by atoms with Gasteiger partial charge in [0.2, 0.25) is 0 Å². The van der Waals surface area contributed by atoms with Crippen LogP contribution in [0.3, 0.4) is 0 Å². The monoisotopic (exact) mass is 718 g/mol. The first-order valence-corrected chi connectivity index (χ1v) is 18.2. The van der Waals surface area contributed by atoms with Gasteiger partial charge in [0.05, 0.1) is 53.4 Å². The van der Waals surface area contributed by atoms with Gasteiger partial charge >= 0.3 is 5.97 Å². The molecule has 0 unspecified atom stereocenters. The van der Waals surface area contributed by atoms with Crippen LogP contribution >= 0.6 is 0 Å². The fourth-order valence-corrected chi connectivity index (χ4v) is 8.13. The molecule has 5 N–H and O–H groups in total. The topological polar surface area (TPSA) is 189 Å². The van der Waals surface area contributed by atoms with E-state index in [4.69, 9.17) is 28.4 Å². The number of hydrogen-bond donors (Lipinski definition) is 5. The minimum Gasteiger partial charge on any atom is -0.462 e. The van der Waals surface area contributed by atoms with E-state index >= 15 is 0 Å². The first-order valence-electron chi connectivity index (χ1n) is 18.2. The third-order valence-electron chi connectivity index (χ3n) is 11.4. The molecule has 292 valence electrons. The summed E-state index contributed by atoms with van der Waals surface area (Å²) in [5, 5.41) is 59.7. The fraction of sp³-hybridized carbons (Fsp3) is 0.944. The molecule has 3 heterocycles. The summed E-state index contributed by atoms with van der Waals surface area (Å²) < 4.78 is 37.3. The third kappa shape index (κ3) is 9.74. The Morgan fingerprint density at radius 2 is 1.60 bits per heavy atom. The SMILES string of the molecule is CC[C@@H]1C[C@H](O)[C@@H](C)/C(=N\O)[C@H](C)C[C@](C)(O)[C@H](O[C@@H]2O[C@H](C)C[C@H](N(C)C)[C@H]2O)[C@@H](C)[C@H](O[C@H]2C[C@@](C)(OC)[C@@H](O)[C@H](C)O2)[C@@H](C)C(=O)O1. The van der Waals surface area contributed by atoms with E-state index in [2.05, 4.69) is 5.16 Å². The van der Waals surface area contributed by atoms with Gasteiger partial charge in [0, 0.05) is 43.7 Å². The lowest BCUT2D eigenvalue weighted by molar-refractivity contribution is -0.317. The predicted molar refractivity (Wildman–Crippen MR) is 184 cm³/mol. The Bertz CT molecular complexity index is 1120. The summed E-state index contributed by atoms with van der Waals surface area (Å²) in [6, 6.07) is -0.293. The molecular formula is C36H66N2O12. The molecule has 3 fully saturated rings. The summed E-state index contributed by atoms with van der Waals surface area (Å²) in [7, 11) is 5.24. The predicted octanol–water partition coefficient (Wildman–Crippen LogP) is 2.69. The van der Waals surface area contributed by atoms with E-state index in [-0.39, 0.29) is 37.1 Å². The van der Waals surface area contributed by atoms with Gasteiger partial charge in [-0.2, -0.15) is 0 Å². The van der Waals surface area contributed by atoms with Crippen LogP contribution < -0.4 is 0 Å². The van der Waals surface area contributed by atoms with Crippen molar-refractivity contribution in [2.45, 2.75) is 173 Å². The molecular weight excluding hydrogens is 652 g/mol. The first-order chi connectivity index (χ1) is 23.2. The average Bonchev–Trinajstić information content (AvgIpc) is 3.04. The quantitative estimate of drug-likeness (QED) is 0.147. The van der Waals surface area contributed by atoms with Crippen LogP contribution in [0, 0.1) is 23.7 Å². The molecule has 14 heteroatoms. The normalized spacial score (nSPS) is 48.3. The van der Waals surface area contributed by atoms with E-state index in [9.17, 15) is 30.4 Å². The number of hydrogen-bond acceptors (Lipinski definition) is 14. The number of nitrogens with zero attached hydrogens (tertiary/aromatic N) is 2. The zero-order chi connectivity index (χ0) is 37.9. The van der Waals surface area contributed by atoms with Crippen LogP contribution in [-0.2, 0) is 33.2 Å². The number of cyclic esters (lactones) is 1. The number of aliphatic hydroxyl groups excluding tert-OH is 3. The van der Waals surface area contributed by atoms with Gasteiger partial charge in [-0.1, -0.05) is 32.9 Å². The minimum absolute atomic E-state index is 0.0294. The number of carbonyl (C=O) groups excluding carboxylic acids is 1. The van der Waals surface area contributed by atoms with E-state index in [1.807, 2.05) is 32.8 Å². The third-order valence-corrected chi connectivity index (χ3v) is 11.4. The van der Waals surface area contributed by atoms with E-state index < -0.39 is 96.2 Å². The lowest BCUT2D eigenvalue weighted by atomic mass is 9.75. The van der Waals surface area contributed by atoms with Gasteiger partial charge < -0.3 is 59.0 Å². The Morgan fingerprint density at radius 3 is 2.16 bits per heavy atom. The summed E-state index contributed by atoms with van der Waals surface area (Å²) in [5.74, 6) is -3.41. The summed E-state index contributed by atoms with van der Waals surface area (Å²) in [6.07, 6.45) is -7.48. The molecule has 0 radical (unpaired) electrons. The maximum Gasteiger partial charge on any atom is 0.311 e. The highest BCUT2D eigenvalue weighted by Gasteiger charge is 2.52. The highest BCUT2D eigenvalue weighted by atomic mass is 16.7. The van der Waals surface area contributed by atoms with Crippen LogP contribution in [0.15, 0.2) is 5.16 Å². The summed E-state index contributed by atoms with van der Waals surface area (Å²) in [5.41, 5.74) is -2.41. The lowest BCUT2D eigenvalue weighted by Gasteiger charge is -2.49. The smallest absolute Gasteiger partial charge is 0.311 e. The van der Waals surface area contributed by atoms with Gasteiger partial charge in [0.25, 0.3) is 0 Å². The van der Waals surface area contributed by atoms with Gasteiger partial charge in [0.15, 0.2) is 12.6 Å². The molecule has 0 aromatic rings. The molecule has 0 aliphatic carbocycles. The summed E-state index contributed by atoms with van der Waals surface area (Å²) in [4.78, 5) is 15.9. The van der Waals surface area contributed by atoms with Crippen molar-refractivity contribution in [2.75, 3.05) is 21.2 Å². The van der Waals surface area contributed by atoms with E-state index in [1.54, 1.807) is 48.5 Å². The number of methoxy groups -OCH3 is 1. The molecule has 14 nitrogen and oxygen atoms in total. The second-order valence-electron chi connectivity index (χ2n) is 15.9. The van der Waals surface area contributed by atoms with Crippen molar-refractivity contribution >= 4 is 11.7 Å². The standard InChI is InChI=1S/C36H66N2O12/c1-13-24-15-26(39)20(4)28(37-44)18(2)16-35(8,43)32(50-34-29(40)25(38(10)11)14-19(3)46-34)21(5)30(22(6)33(42)48-24)49-27-17-36(9,45-12)31(41)23(7)47-27/h18-27,29-32,34,39-41,43-44H,13-17H2,1-12H3/b37-28-/t18-,19-,20-,21+,22-,23+,24-,25+,26+,27+,29-,30+,31+,32-,34+,35+,36-/m1/s1. The Balaban J connectivity index is 2.16. The maximum atomic E-state index is 14.0. The van der Waals surface area contributed by atoms with E-state index in [0.717, 1.165) is 0 Å². The number of likely N-dealkylation sites (N-methyl/N-ethyl adjacent to an activating group) is 1. The molecule has 0 amide bonds. The molecule has 3 rings (SSSR count). The fourth-order valence-electron chi connectivity index (χ4n) is 8.13. The van der Waals surface area contributed by atoms with Crippen molar-refractivity contribution in [3.63, 3.8) is 0 Å². The maximum absolute atomic E-state index is 14.0. The van der Waals surface area contributed by atoms with Gasteiger partial charge in [-0.15, -0.1) is 0 Å². The molecule has 0 bridgehead atoms. The van der Waals surface area contributed by atoms with Crippen LogP contribution in [-0.4, -0.2) is 142 Å². The summed E-state index contributed by atoms with van der Waals surface area (Å²) >= 11 is 0. The van der Waals surface area contributed by atoms with Gasteiger partial charge in [-0.25, -0.2) is 0 Å². The number of aliphatic hydroxyl groups is 4. The minimum atomic E-state index is -1.68. The molecule has 3 saturated heterocycles. The number of ether oxygens (including phenoxy) is 6. The Morgan fingerprint density at radius 1 is 0.960 bits per heavy atom.